The molecule has 0 aliphatic carbocycles. The molecule has 256 valence electrons. The molecule has 0 aliphatic heterocycles. The van der Waals surface area contributed by atoms with E-state index < -0.39 is 0 Å². The maximum atomic E-state index is 6.15. The van der Waals surface area contributed by atoms with Crippen molar-refractivity contribution in [2.75, 3.05) is 0 Å². The number of benzene rings is 9. The number of hydrogen-bond donors (Lipinski definition) is 0. The minimum Gasteiger partial charge on any atom is -0.456 e. The molecule has 0 aliphatic rings. The average Bonchev–Trinajstić information content (AvgIpc) is 3.64. The van der Waals surface area contributed by atoms with Crippen LogP contribution in [0.3, 0.4) is 0 Å². The van der Waals surface area contributed by atoms with Gasteiger partial charge in [0.15, 0.2) is 17.5 Å². The molecule has 9 aromatic carbocycles. The Morgan fingerprint density at radius 1 is 0.273 bits per heavy atom. The largest absolute Gasteiger partial charge is 0.456 e. The van der Waals surface area contributed by atoms with Crippen molar-refractivity contribution in [2.45, 2.75) is 0 Å². The van der Waals surface area contributed by atoms with Gasteiger partial charge in [-0.2, -0.15) is 0 Å². The highest BCUT2D eigenvalue weighted by Crippen LogP contribution is 2.40. The molecule has 0 atom stereocenters. The Hall–Kier alpha value is -7.43. The van der Waals surface area contributed by atoms with Gasteiger partial charge < -0.3 is 4.42 Å². The second kappa shape index (κ2) is 12.6. The van der Waals surface area contributed by atoms with E-state index in [1.54, 1.807) is 0 Å². The number of fused-ring (bicyclic) bond motifs is 7. The first-order chi connectivity index (χ1) is 27.2. The lowest BCUT2D eigenvalue weighted by Gasteiger charge is -2.14. The molecule has 11 rings (SSSR count). The minimum atomic E-state index is 0.607. The van der Waals surface area contributed by atoms with Crippen LogP contribution in [0.4, 0.5) is 0 Å². The van der Waals surface area contributed by atoms with E-state index in [2.05, 4.69) is 152 Å². The summed E-state index contributed by atoms with van der Waals surface area (Å²) in [7, 11) is 0. The summed E-state index contributed by atoms with van der Waals surface area (Å²) in [5, 5.41) is 9.52. The van der Waals surface area contributed by atoms with Gasteiger partial charge in [-0.05, 0) is 84.9 Å². The minimum absolute atomic E-state index is 0.607. The lowest BCUT2D eigenvalue weighted by atomic mass is 9.89. The van der Waals surface area contributed by atoms with Gasteiger partial charge in [0.1, 0.15) is 11.2 Å². The average molecular weight is 702 g/mol. The van der Waals surface area contributed by atoms with E-state index in [1.807, 2.05) is 36.4 Å². The van der Waals surface area contributed by atoms with Crippen LogP contribution in [0.25, 0.3) is 111 Å². The first-order valence-corrected chi connectivity index (χ1v) is 18.5. The summed E-state index contributed by atoms with van der Waals surface area (Å²) >= 11 is 0. The Bertz CT molecular complexity index is 3240. The van der Waals surface area contributed by atoms with E-state index in [-0.39, 0.29) is 0 Å². The Labute approximate surface area is 317 Å². The van der Waals surface area contributed by atoms with Gasteiger partial charge in [-0.1, -0.05) is 158 Å². The first-order valence-electron chi connectivity index (χ1n) is 18.5. The van der Waals surface area contributed by atoms with Crippen molar-refractivity contribution in [3.63, 3.8) is 0 Å². The zero-order valence-corrected chi connectivity index (χ0v) is 29.6. The Morgan fingerprint density at radius 3 is 1.55 bits per heavy atom. The summed E-state index contributed by atoms with van der Waals surface area (Å²) in [6.07, 6.45) is 0. The highest BCUT2D eigenvalue weighted by molar-refractivity contribution is 6.20. The van der Waals surface area contributed by atoms with Crippen molar-refractivity contribution in [1.29, 1.82) is 0 Å². The number of nitrogens with zero attached hydrogens (tertiary/aromatic N) is 3. The lowest BCUT2D eigenvalue weighted by molar-refractivity contribution is 0.669. The lowest BCUT2D eigenvalue weighted by Crippen LogP contribution is -2.00. The van der Waals surface area contributed by atoms with Crippen LogP contribution >= 0.6 is 0 Å². The quantitative estimate of drug-likeness (QED) is 0.132. The SMILES string of the molecule is c1ccc(-c2ccc(-c3nc(-c4ccc(-c5c6ccccc6cc6c5ccc5ccccc56)cc4)nc(-c4ccc5oc6ccccc6c5c4)n3)cc2)cc1. The monoisotopic (exact) mass is 701 g/mol. The molecule has 0 bridgehead atoms. The Kier molecular flexibility index (Phi) is 7.14. The Morgan fingerprint density at radius 2 is 0.800 bits per heavy atom. The fourth-order valence-corrected chi connectivity index (χ4v) is 7.99. The van der Waals surface area contributed by atoms with Crippen molar-refractivity contribution in [1.82, 2.24) is 15.0 Å². The van der Waals surface area contributed by atoms with Crippen LogP contribution in [-0.2, 0) is 0 Å². The molecule has 4 nitrogen and oxygen atoms in total. The van der Waals surface area contributed by atoms with Gasteiger partial charge in [0.2, 0.25) is 0 Å². The maximum Gasteiger partial charge on any atom is 0.164 e. The summed E-state index contributed by atoms with van der Waals surface area (Å²) in [4.78, 5) is 15.3. The normalized spacial score (nSPS) is 11.6. The molecule has 0 unspecified atom stereocenters. The van der Waals surface area contributed by atoms with Gasteiger partial charge >= 0.3 is 0 Å². The van der Waals surface area contributed by atoms with Crippen LogP contribution in [0, 0.1) is 0 Å². The molecule has 11 aromatic rings. The summed E-state index contributed by atoms with van der Waals surface area (Å²) in [6, 6.07) is 65.9. The second-order valence-electron chi connectivity index (χ2n) is 14.0. The van der Waals surface area contributed by atoms with Crippen LogP contribution in [0.2, 0.25) is 0 Å². The van der Waals surface area contributed by atoms with E-state index in [9.17, 15) is 0 Å². The summed E-state index contributed by atoms with van der Waals surface area (Å²) < 4.78 is 6.15. The number of aromatic nitrogens is 3. The van der Waals surface area contributed by atoms with Crippen molar-refractivity contribution in [2.24, 2.45) is 0 Å². The number of para-hydroxylation sites is 1. The third-order valence-electron chi connectivity index (χ3n) is 10.7. The molecular weight excluding hydrogens is 671 g/mol. The summed E-state index contributed by atoms with van der Waals surface area (Å²) in [6.45, 7) is 0. The smallest absolute Gasteiger partial charge is 0.164 e. The zero-order chi connectivity index (χ0) is 36.3. The molecule has 0 radical (unpaired) electrons. The van der Waals surface area contributed by atoms with Gasteiger partial charge in [-0.15, -0.1) is 0 Å². The van der Waals surface area contributed by atoms with Gasteiger partial charge in [0.25, 0.3) is 0 Å². The molecule has 0 saturated carbocycles. The highest BCUT2D eigenvalue weighted by atomic mass is 16.3. The summed E-state index contributed by atoms with van der Waals surface area (Å²) in [5.41, 5.74) is 9.10. The number of furan rings is 1. The van der Waals surface area contributed by atoms with Crippen molar-refractivity contribution >= 4 is 54.3 Å². The van der Waals surface area contributed by atoms with Crippen LogP contribution in [0.15, 0.2) is 192 Å². The van der Waals surface area contributed by atoms with E-state index >= 15 is 0 Å². The fraction of sp³-hybridized carbons (Fsp3) is 0. The van der Waals surface area contributed by atoms with Gasteiger partial charge in [0.05, 0.1) is 0 Å². The van der Waals surface area contributed by atoms with Crippen LogP contribution < -0.4 is 0 Å². The molecule has 0 fully saturated rings. The third kappa shape index (κ3) is 5.34. The Balaban J connectivity index is 1.06. The molecular formula is C51H31N3O. The maximum absolute atomic E-state index is 6.15. The highest BCUT2D eigenvalue weighted by Gasteiger charge is 2.17. The molecule has 0 amide bonds. The predicted octanol–water partition coefficient (Wildman–Crippen LogP) is 13.6. The molecule has 55 heavy (non-hydrogen) atoms. The molecule has 4 heteroatoms. The first kappa shape index (κ1) is 31.1. The molecule has 0 saturated heterocycles. The molecule has 0 spiro atoms. The van der Waals surface area contributed by atoms with Crippen LogP contribution in [-0.4, -0.2) is 15.0 Å². The number of rotatable bonds is 5. The van der Waals surface area contributed by atoms with E-state index in [0.717, 1.165) is 49.8 Å². The molecule has 0 N–H and O–H groups in total. The van der Waals surface area contributed by atoms with Crippen LogP contribution in [0.1, 0.15) is 0 Å². The van der Waals surface area contributed by atoms with E-state index in [1.165, 1.54) is 43.4 Å². The van der Waals surface area contributed by atoms with E-state index in [4.69, 9.17) is 19.4 Å². The second-order valence-corrected chi connectivity index (χ2v) is 14.0. The zero-order valence-electron chi connectivity index (χ0n) is 29.6. The van der Waals surface area contributed by atoms with Crippen molar-refractivity contribution in [3.05, 3.63) is 188 Å². The van der Waals surface area contributed by atoms with Crippen molar-refractivity contribution in [3.8, 4) is 56.4 Å². The molecule has 2 aromatic heterocycles. The number of hydrogen-bond acceptors (Lipinski definition) is 4. The van der Waals surface area contributed by atoms with Gasteiger partial charge in [-0.3, -0.25) is 0 Å². The summed E-state index contributed by atoms with van der Waals surface area (Å²) in [5.74, 6) is 1.84. The van der Waals surface area contributed by atoms with Crippen LogP contribution in [0.5, 0.6) is 0 Å². The molecule has 2 heterocycles. The fourth-order valence-electron chi connectivity index (χ4n) is 7.99. The predicted molar refractivity (Wildman–Crippen MR) is 227 cm³/mol. The third-order valence-corrected chi connectivity index (χ3v) is 10.7. The van der Waals surface area contributed by atoms with Gasteiger partial charge in [0, 0.05) is 27.5 Å². The van der Waals surface area contributed by atoms with Gasteiger partial charge in [-0.25, -0.2) is 15.0 Å². The van der Waals surface area contributed by atoms with E-state index in [0.29, 0.717) is 17.5 Å². The van der Waals surface area contributed by atoms with Crippen molar-refractivity contribution < 1.29 is 4.42 Å². The topological polar surface area (TPSA) is 51.8 Å². The standard InChI is InChI=1S/C51H31N3O/c1-2-10-32(11-3-1)33-18-22-36(23-19-33)49-52-50(54-51(53-49)39-27-29-47-45(31-39)42-16-8-9-17-46(42)55-47)37-24-20-35(21-25-37)48-41-15-7-5-13-38(41)30-44-40-14-6-4-12-34(40)26-28-43(44)48/h1-31H.